The number of carbonyl (C=O) groups is 3. The van der Waals surface area contributed by atoms with Crippen LogP contribution in [0.5, 0.6) is 0 Å². The number of amides is 3. The zero-order valence-electron chi connectivity index (χ0n) is 20.8. The van der Waals surface area contributed by atoms with Gasteiger partial charge in [0.15, 0.2) is 0 Å². The fourth-order valence-electron chi connectivity index (χ4n) is 6.00. The van der Waals surface area contributed by atoms with Crippen LogP contribution in [0.25, 0.3) is 0 Å². The Bertz CT molecular complexity index is 829. The maximum absolute atomic E-state index is 13.0. The fourth-order valence-corrected chi connectivity index (χ4v) is 6.00. The van der Waals surface area contributed by atoms with Crippen LogP contribution in [0, 0.1) is 29.6 Å². The summed E-state index contributed by atoms with van der Waals surface area (Å²) in [6.07, 6.45) is 12.1. The van der Waals surface area contributed by atoms with Crippen LogP contribution in [0.2, 0.25) is 0 Å². The van der Waals surface area contributed by atoms with E-state index in [9.17, 15) is 14.4 Å². The molecule has 0 radical (unpaired) electrons. The van der Waals surface area contributed by atoms with Crippen molar-refractivity contribution in [3.8, 4) is 0 Å². The van der Waals surface area contributed by atoms with Crippen molar-refractivity contribution >= 4 is 34.8 Å². The van der Waals surface area contributed by atoms with Gasteiger partial charge in [0.25, 0.3) is 0 Å². The molecule has 34 heavy (non-hydrogen) atoms. The maximum atomic E-state index is 13.0. The molecule has 0 aromatic heterocycles. The highest BCUT2D eigenvalue weighted by Gasteiger charge is 2.28. The molecule has 3 aliphatic rings. The lowest BCUT2D eigenvalue weighted by Crippen LogP contribution is -2.28. The normalized spacial score (nSPS) is 23.7. The second-order valence-electron chi connectivity index (χ2n) is 11.1. The quantitative estimate of drug-likeness (QED) is 0.437. The molecule has 0 bridgehead atoms. The lowest BCUT2D eigenvalue weighted by molar-refractivity contribution is -0.121. The van der Waals surface area contributed by atoms with E-state index in [1.807, 2.05) is 18.2 Å². The monoisotopic (exact) mass is 467 g/mol. The molecule has 3 saturated carbocycles. The predicted octanol–water partition coefficient (Wildman–Crippen LogP) is 6.34. The summed E-state index contributed by atoms with van der Waals surface area (Å²) >= 11 is 0. The van der Waals surface area contributed by atoms with Gasteiger partial charge in [0, 0.05) is 34.8 Å². The molecule has 0 spiro atoms. The third-order valence-corrected chi connectivity index (χ3v) is 8.27. The second kappa shape index (κ2) is 11.4. The number of benzene rings is 1. The fraction of sp³-hybridized carbons (Fsp3) is 0.679. The van der Waals surface area contributed by atoms with E-state index in [0.717, 1.165) is 77.0 Å². The molecule has 3 aliphatic carbocycles. The zero-order valence-corrected chi connectivity index (χ0v) is 20.8. The minimum absolute atomic E-state index is 0.0169. The van der Waals surface area contributed by atoms with Gasteiger partial charge in [0.1, 0.15) is 0 Å². The summed E-state index contributed by atoms with van der Waals surface area (Å²) in [6, 6.07) is 5.44. The highest BCUT2D eigenvalue weighted by Crippen LogP contribution is 2.35. The summed E-state index contributed by atoms with van der Waals surface area (Å²) < 4.78 is 0. The van der Waals surface area contributed by atoms with Gasteiger partial charge < -0.3 is 16.0 Å². The summed E-state index contributed by atoms with van der Waals surface area (Å²) in [6.45, 7) is 4.52. The Labute approximate surface area is 204 Å². The van der Waals surface area contributed by atoms with E-state index in [2.05, 4.69) is 29.8 Å². The van der Waals surface area contributed by atoms with Crippen molar-refractivity contribution in [2.45, 2.75) is 90.9 Å². The van der Waals surface area contributed by atoms with Crippen LogP contribution in [-0.2, 0) is 14.4 Å². The Kier molecular flexibility index (Phi) is 8.28. The second-order valence-corrected chi connectivity index (χ2v) is 11.1. The van der Waals surface area contributed by atoms with E-state index in [4.69, 9.17) is 0 Å². The summed E-state index contributed by atoms with van der Waals surface area (Å²) in [5.41, 5.74) is 1.88. The molecular weight excluding hydrogens is 426 g/mol. The van der Waals surface area contributed by atoms with Crippen molar-refractivity contribution in [2.24, 2.45) is 29.6 Å². The minimum Gasteiger partial charge on any atom is -0.326 e. The standard InChI is InChI=1S/C28H41N3O3/c1-18(2)19-11-13-22(14-12-19)28(34)31-25-16-23(29-26(32)20-7-3-4-8-20)15-24(17-25)30-27(33)21-9-5-6-10-21/h15-22H,3-14H2,1-2H3,(H,29,32)(H,30,33)(H,31,34)/t19-,22-. The zero-order chi connectivity index (χ0) is 24.1. The minimum atomic E-state index is 0.0169. The van der Waals surface area contributed by atoms with Crippen molar-refractivity contribution in [1.29, 1.82) is 0 Å². The van der Waals surface area contributed by atoms with Gasteiger partial charge in [-0.3, -0.25) is 14.4 Å². The molecule has 1 aromatic rings. The van der Waals surface area contributed by atoms with Gasteiger partial charge >= 0.3 is 0 Å². The Morgan fingerprint density at radius 2 is 0.912 bits per heavy atom. The largest absolute Gasteiger partial charge is 0.326 e. The number of hydrogen-bond donors (Lipinski definition) is 3. The highest BCUT2D eigenvalue weighted by atomic mass is 16.2. The topological polar surface area (TPSA) is 87.3 Å². The van der Waals surface area contributed by atoms with Crippen molar-refractivity contribution in [1.82, 2.24) is 0 Å². The van der Waals surface area contributed by atoms with Gasteiger partial charge in [-0.25, -0.2) is 0 Å². The van der Waals surface area contributed by atoms with Gasteiger partial charge in [0.05, 0.1) is 0 Å². The van der Waals surface area contributed by atoms with Crippen LogP contribution in [0.3, 0.4) is 0 Å². The number of hydrogen-bond acceptors (Lipinski definition) is 3. The molecular formula is C28H41N3O3. The van der Waals surface area contributed by atoms with Crippen LogP contribution in [0.15, 0.2) is 18.2 Å². The molecule has 4 rings (SSSR count). The van der Waals surface area contributed by atoms with Gasteiger partial charge in [-0.1, -0.05) is 39.5 Å². The number of anilines is 3. The number of rotatable bonds is 7. The predicted molar refractivity (Wildman–Crippen MR) is 137 cm³/mol. The first-order chi connectivity index (χ1) is 16.4. The average molecular weight is 468 g/mol. The summed E-state index contributed by atoms with van der Waals surface area (Å²) in [4.78, 5) is 38.5. The summed E-state index contributed by atoms with van der Waals surface area (Å²) in [7, 11) is 0. The van der Waals surface area contributed by atoms with E-state index in [1.54, 1.807) is 0 Å². The van der Waals surface area contributed by atoms with E-state index >= 15 is 0 Å². The number of nitrogens with one attached hydrogen (secondary N) is 3. The summed E-state index contributed by atoms with van der Waals surface area (Å²) in [5.74, 6) is 1.57. The van der Waals surface area contributed by atoms with Crippen molar-refractivity contribution in [3.05, 3.63) is 18.2 Å². The molecule has 0 aliphatic heterocycles. The third kappa shape index (κ3) is 6.39. The first-order valence-electron chi connectivity index (χ1n) is 13.5. The van der Waals surface area contributed by atoms with Crippen LogP contribution in [0.4, 0.5) is 17.1 Å². The Balaban J connectivity index is 1.46. The first-order valence-corrected chi connectivity index (χ1v) is 13.5. The molecule has 0 heterocycles. The smallest absolute Gasteiger partial charge is 0.227 e. The van der Waals surface area contributed by atoms with E-state index < -0.39 is 0 Å². The molecule has 186 valence electrons. The molecule has 6 heteroatoms. The van der Waals surface area contributed by atoms with Crippen LogP contribution < -0.4 is 16.0 Å². The SMILES string of the molecule is CC(C)[C@H]1CC[C@H](C(=O)Nc2cc(NC(=O)C3CCCC3)cc(NC(=O)C3CCCC3)c2)CC1. The van der Waals surface area contributed by atoms with Crippen LogP contribution >= 0.6 is 0 Å². The summed E-state index contributed by atoms with van der Waals surface area (Å²) in [5, 5.41) is 9.15. The van der Waals surface area contributed by atoms with Gasteiger partial charge in [-0.15, -0.1) is 0 Å². The average Bonchev–Trinajstić information content (AvgIpc) is 3.53. The lowest BCUT2D eigenvalue weighted by atomic mass is 9.76. The van der Waals surface area contributed by atoms with Crippen molar-refractivity contribution in [2.75, 3.05) is 16.0 Å². The van der Waals surface area contributed by atoms with Crippen LogP contribution in [0.1, 0.15) is 90.9 Å². The first kappa shape index (κ1) is 24.7. The molecule has 1 aromatic carbocycles. The number of carbonyl (C=O) groups excluding carboxylic acids is 3. The van der Waals surface area contributed by atoms with Crippen LogP contribution in [-0.4, -0.2) is 17.7 Å². The molecule has 0 atom stereocenters. The molecule has 3 N–H and O–H groups in total. The van der Waals surface area contributed by atoms with Gasteiger partial charge in [0.2, 0.25) is 17.7 Å². The third-order valence-electron chi connectivity index (χ3n) is 8.27. The Morgan fingerprint density at radius 3 is 1.24 bits per heavy atom. The van der Waals surface area contributed by atoms with E-state index in [1.165, 1.54) is 0 Å². The molecule has 3 fully saturated rings. The van der Waals surface area contributed by atoms with Gasteiger partial charge in [-0.05, 0) is 81.4 Å². The van der Waals surface area contributed by atoms with E-state index in [0.29, 0.717) is 28.9 Å². The van der Waals surface area contributed by atoms with E-state index in [-0.39, 0.29) is 35.5 Å². The molecule has 6 nitrogen and oxygen atoms in total. The molecule has 0 saturated heterocycles. The Morgan fingerprint density at radius 1 is 0.588 bits per heavy atom. The lowest BCUT2D eigenvalue weighted by Gasteiger charge is -2.30. The van der Waals surface area contributed by atoms with Crippen molar-refractivity contribution in [3.63, 3.8) is 0 Å². The highest BCUT2D eigenvalue weighted by molar-refractivity contribution is 5.99. The van der Waals surface area contributed by atoms with Crippen molar-refractivity contribution < 1.29 is 14.4 Å². The molecule has 3 amide bonds. The Hall–Kier alpha value is -2.37. The molecule has 0 unspecified atom stereocenters. The van der Waals surface area contributed by atoms with Gasteiger partial charge in [-0.2, -0.15) is 0 Å². The maximum Gasteiger partial charge on any atom is 0.227 e.